The molecule has 0 radical (unpaired) electrons. The fraction of sp³-hybridized carbons (Fsp3) is 0.625. The molecule has 0 aromatic carbocycles. The van der Waals surface area contributed by atoms with Crippen LogP contribution in [0.1, 0.15) is 6.23 Å². The van der Waals surface area contributed by atoms with Crippen molar-refractivity contribution in [1.29, 1.82) is 0 Å². The zero-order valence-corrected chi connectivity index (χ0v) is 8.55. The van der Waals surface area contributed by atoms with Gasteiger partial charge in [0.05, 0.1) is 6.61 Å². The summed E-state index contributed by atoms with van der Waals surface area (Å²) in [4.78, 5) is 24.1. The lowest BCUT2D eigenvalue weighted by atomic mass is 10.1. The van der Waals surface area contributed by atoms with Gasteiger partial charge in [-0.1, -0.05) is 0 Å². The Balaban J connectivity index is 2.35. The van der Waals surface area contributed by atoms with Gasteiger partial charge in [-0.15, -0.1) is 0 Å². The van der Waals surface area contributed by atoms with Crippen LogP contribution < -0.4 is 11.2 Å². The Bertz CT molecular complexity index is 510. The standard InChI is InChI=1S/C8H11N3O6/c12-2-3-5(14)6(15)7(17-3)11-8(16)10-4(13)1-9-11/h1,3,5-7,12,14-15H,2H2,(H,10,13,16)/t3-,5-,6+,7?/m1/s1. The minimum absolute atomic E-state index is 0.507. The van der Waals surface area contributed by atoms with Gasteiger partial charge in [-0.3, -0.25) is 9.78 Å². The maximum atomic E-state index is 11.4. The first kappa shape index (κ1) is 11.9. The number of hydrogen-bond acceptors (Lipinski definition) is 7. The van der Waals surface area contributed by atoms with E-state index >= 15 is 0 Å². The minimum Gasteiger partial charge on any atom is -0.394 e. The zero-order valence-electron chi connectivity index (χ0n) is 8.55. The van der Waals surface area contributed by atoms with Crippen molar-refractivity contribution >= 4 is 0 Å². The van der Waals surface area contributed by atoms with Gasteiger partial charge in [0.2, 0.25) is 0 Å². The van der Waals surface area contributed by atoms with Gasteiger partial charge in [0, 0.05) is 0 Å². The van der Waals surface area contributed by atoms with Crippen molar-refractivity contribution in [3.63, 3.8) is 0 Å². The lowest BCUT2D eigenvalue weighted by Gasteiger charge is -2.14. The van der Waals surface area contributed by atoms with E-state index in [1.807, 2.05) is 4.98 Å². The van der Waals surface area contributed by atoms with Crippen molar-refractivity contribution in [2.45, 2.75) is 24.5 Å². The highest BCUT2D eigenvalue weighted by molar-refractivity contribution is 4.88. The van der Waals surface area contributed by atoms with Gasteiger partial charge in [0.25, 0.3) is 5.56 Å². The lowest BCUT2D eigenvalue weighted by Crippen LogP contribution is -2.39. The Labute approximate surface area is 93.9 Å². The van der Waals surface area contributed by atoms with Crippen LogP contribution in [0.25, 0.3) is 0 Å². The smallest absolute Gasteiger partial charge is 0.347 e. The van der Waals surface area contributed by atoms with Crippen molar-refractivity contribution in [3.8, 4) is 0 Å². The number of nitrogens with zero attached hydrogens (tertiary/aromatic N) is 2. The molecule has 1 aliphatic heterocycles. The Morgan fingerprint density at radius 3 is 2.65 bits per heavy atom. The fourth-order valence-electron chi connectivity index (χ4n) is 1.63. The first-order valence-electron chi connectivity index (χ1n) is 4.85. The van der Waals surface area contributed by atoms with E-state index < -0.39 is 42.4 Å². The Kier molecular flexibility index (Phi) is 3.07. The third kappa shape index (κ3) is 2.00. The van der Waals surface area contributed by atoms with Gasteiger partial charge < -0.3 is 20.1 Å². The molecule has 1 aliphatic rings. The minimum atomic E-state index is -1.41. The maximum Gasteiger partial charge on any atom is 0.347 e. The Morgan fingerprint density at radius 2 is 2.12 bits per heavy atom. The van der Waals surface area contributed by atoms with Crippen molar-refractivity contribution in [2.75, 3.05) is 6.61 Å². The van der Waals surface area contributed by atoms with Crippen molar-refractivity contribution < 1.29 is 20.1 Å². The van der Waals surface area contributed by atoms with Crippen LogP contribution in [0.4, 0.5) is 0 Å². The van der Waals surface area contributed by atoms with E-state index in [4.69, 9.17) is 9.84 Å². The second-order valence-electron chi connectivity index (χ2n) is 3.61. The molecular weight excluding hydrogens is 234 g/mol. The monoisotopic (exact) mass is 245 g/mol. The largest absolute Gasteiger partial charge is 0.394 e. The molecule has 1 saturated heterocycles. The number of rotatable bonds is 2. The molecule has 94 valence electrons. The second-order valence-corrected chi connectivity index (χ2v) is 3.61. The SMILES string of the molecule is O=c1cnn(C2O[C@H](CO)[C@@H](O)[C@@H]2O)c(=O)[nH]1. The summed E-state index contributed by atoms with van der Waals surface area (Å²) in [6.07, 6.45) is -4.15. The summed E-state index contributed by atoms with van der Waals surface area (Å²) in [7, 11) is 0. The molecule has 4 N–H and O–H groups in total. The molecule has 1 fully saturated rings. The van der Waals surface area contributed by atoms with Gasteiger partial charge >= 0.3 is 5.69 Å². The average Bonchev–Trinajstić information content (AvgIpc) is 2.57. The predicted octanol–water partition coefficient (Wildman–Crippen LogP) is -3.46. The number of aliphatic hydroxyl groups is 3. The van der Waals surface area contributed by atoms with Gasteiger partial charge in [-0.25, -0.2) is 4.79 Å². The molecule has 4 atom stereocenters. The predicted molar refractivity (Wildman–Crippen MR) is 52.1 cm³/mol. The maximum absolute atomic E-state index is 11.4. The summed E-state index contributed by atoms with van der Waals surface area (Å²) in [5.74, 6) is 0. The van der Waals surface area contributed by atoms with Gasteiger partial charge in [-0.05, 0) is 0 Å². The second kappa shape index (κ2) is 4.37. The molecule has 1 aromatic heterocycles. The van der Waals surface area contributed by atoms with Crippen molar-refractivity contribution in [1.82, 2.24) is 14.8 Å². The molecule has 2 rings (SSSR count). The Hall–Kier alpha value is -1.55. The summed E-state index contributed by atoms with van der Waals surface area (Å²) in [6.45, 7) is -0.507. The number of ether oxygens (including phenoxy) is 1. The van der Waals surface area contributed by atoms with E-state index in [1.54, 1.807) is 0 Å². The summed E-state index contributed by atoms with van der Waals surface area (Å²) in [6, 6.07) is 0. The van der Waals surface area contributed by atoms with Gasteiger partial charge in [-0.2, -0.15) is 9.78 Å². The highest BCUT2D eigenvalue weighted by atomic mass is 16.6. The first-order valence-corrected chi connectivity index (χ1v) is 4.85. The molecule has 2 heterocycles. The van der Waals surface area contributed by atoms with Crippen molar-refractivity contribution in [2.24, 2.45) is 0 Å². The highest BCUT2D eigenvalue weighted by Gasteiger charge is 2.44. The van der Waals surface area contributed by atoms with Crippen molar-refractivity contribution in [3.05, 3.63) is 27.0 Å². The topological polar surface area (TPSA) is 138 Å². The summed E-state index contributed by atoms with van der Waals surface area (Å²) in [5, 5.41) is 31.5. The van der Waals surface area contributed by atoms with E-state index in [1.165, 1.54) is 0 Å². The molecule has 9 nitrogen and oxygen atoms in total. The molecule has 9 heteroatoms. The molecule has 0 aliphatic carbocycles. The van der Waals surface area contributed by atoms with Crippen LogP contribution in [-0.4, -0.2) is 55.0 Å². The third-order valence-corrected chi connectivity index (χ3v) is 2.50. The van der Waals surface area contributed by atoms with E-state index in [2.05, 4.69) is 5.10 Å². The number of hydrogen-bond donors (Lipinski definition) is 4. The Morgan fingerprint density at radius 1 is 1.41 bits per heavy atom. The van der Waals surface area contributed by atoms with Gasteiger partial charge in [0.1, 0.15) is 24.5 Å². The zero-order chi connectivity index (χ0) is 12.6. The van der Waals surface area contributed by atoms with E-state index in [-0.39, 0.29) is 0 Å². The molecule has 0 saturated carbocycles. The summed E-state index contributed by atoms with van der Waals surface area (Å²) < 4.78 is 5.77. The molecule has 17 heavy (non-hydrogen) atoms. The number of aromatic nitrogens is 3. The van der Waals surface area contributed by atoms with Crippen LogP contribution in [0, 0.1) is 0 Å². The first-order chi connectivity index (χ1) is 8.04. The third-order valence-electron chi connectivity index (χ3n) is 2.50. The van der Waals surface area contributed by atoms with E-state index in [0.717, 1.165) is 6.20 Å². The normalized spacial score (nSPS) is 32.9. The molecule has 0 bridgehead atoms. The summed E-state index contributed by atoms with van der Waals surface area (Å²) >= 11 is 0. The van der Waals surface area contributed by atoms with Crippen LogP contribution in [0.15, 0.2) is 15.8 Å². The average molecular weight is 245 g/mol. The number of H-pyrrole nitrogens is 1. The molecule has 1 aromatic rings. The fourth-order valence-corrected chi connectivity index (χ4v) is 1.63. The van der Waals surface area contributed by atoms with Crippen LogP contribution >= 0.6 is 0 Å². The van der Waals surface area contributed by atoms with Crippen LogP contribution in [0.5, 0.6) is 0 Å². The highest BCUT2D eigenvalue weighted by Crippen LogP contribution is 2.27. The van der Waals surface area contributed by atoms with E-state index in [0.29, 0.717) is 4.68 Å². The molecule has 0 amide bonds. The lowest BCUT2D eigenvalue weighted by molar-refractivity contribution is -0.0618. The summed E-state index contributed by atoms with van der Waals surface area (Å²) in [5.41, 5.74) is -1.55. The van der Waals surface area contributed by atoms with Crippen LogP contribution in [0.3, 0.4) is 0 Å². The number of aliphatic hydroxyl groups excluding tert-OH is 3. The number of aromatic amines is 1. The quantitative estimate of drug-likeness (QED) is 0.425. The van der Waals surface area contributed by atoms with Crippen LogP contribution in [0.2, 0.25) is 0 Å². The molecule has 0 spiro atoms. The molecular formula is C8H11N3O6. The molecule has 1 unspecified atom stereocenters. The van der Waals surface area contributed by atoms with Gasteiger partial charge in [0.15, 0.2) is 6.23 Å². The number of nitrogens with one attached hydrogen (secondary N) is 1. The van der Waals surface area contributed by atoms with Crippen LogP contribution in [-0.2, 0) is 4.74 Å². The van der Waals surface area contributed by atoms with E-state index in [9.17, 15) is 19.8 Å².